The van der Waals surface area contributed by atoms with Gasteiger partial charge in [0.2, 0.25) is 0 Å². The van der Waals surface area contributed by atoms with Gasteiger partial charge in [0, 0.05) is 12.6 Å². The Kier molecular flexibility index (Phi) is 4.42. The van der Waals surface area contributed by atoms with Crippen LogP contribution in [0.1, 0.15) is 16.7 Å². The van der Waals surface area contributed by atoms with Crippen molar-refractivity contribution in [2.75, 3.05) is 12.4 Å². The molecule has 21 heavy (non-hydrogen) atoms. The first-order valence-corrected chi connectivity index (χ1v) is 6.63. The molecule has 1 N–H and O–H groups in total. The number of nitro groups is 1. The van der Waals surface area contributed by atoms with Gasteiger partial charge in [-0.3, -0.25) is 10.1 Å². The zero-order valence-electron chi connectivity index (χ0n) is 12.3. The molecule has 0 aliphatic heterocycles. The summed E-state index contributed by atoms with van der Waals surface area (Å²) >= 11 is 0. The van der Waals surface area contributed by atoms with Crippen molar-refractivity contribution in [1.29, 1.82) is 0 Å². The third-order valence-corrected chi connectivity index (χ3v) is 3.16. The van der Waals surface area contributed by atoms with E-state index >= 15 is 0 Å². The minimum Gasteiger partial charge on any atom is -0.494 e. The number of methoxy groups -OCH3 is 1. The SMILES string of the molecule is COc1cc([N+](=O)[O-])ccc1NCc1cc(C)cc(C)c1. The first-order chi connectivity index (χ1) is 9.99. The van der Waals surface area contributed by atoms with E-state index in [2.05, 4.69) is 37.4 Å². The van der Waals surface area contributed by atoms with Crippen molar-refractivity contribution < 1.29 is 9.66 Å². The van der Waals surface area contributed by atoms with E-state index in [4.69, 9.17) is 4.74 Å². The van der Waals surface area contributed by atoms with Gasteiger partial charge in [-0.05, 0) is 25.5 Å². The molecule has 0 unspecified atom stereocenters. The summed E-state index contributed by atoms with van der Waals surface area (Å²) in [5, 5.41) is 14.0. The van der Waals surface area contributed by atoms with Crippen LogP contribution in [0.2, 0.25) is 0 Å². The van der Waals surface area contributed by atoms with Crippen molar-refractivity contribution in [3.05, 3.63) is 63.2 Å². The van der Waals surface area contributed by atoms with Gasteiger partial charge in [0.1, 0.15) is 5.75 Å². The largest absolute Gasteiger partial charge is 0.494 e. The van der Waals surface area contributed by atoms with Crippen molar-refractivity contribution >= 4 is 11.4 Å². The highest BCUT2D eigenvalue weighted by molar-refractivity contribution is 5.60. The van der Waals surface area contributed by atoms with Crippen LogP contribution in [0.3, 0.4) is 0 Å². The summed E-state index contributed by atoms with van der Waals surface area (Å²) < 4.78 is 5.21. The van der Waals surface area contributed by atoms with Gasteiger partial charge in [-0.2, -0.15) is 0 Å². The molecule has 0 heterocycles. The van der Waals surface area contributed by atoms with Crippen molar-refractivity contribution in [2.45, 2.75) is 20.4 Å². The van der Waals surface area contributed by atoms with E-state index in [1.165, 1.54) is 30.4 Å². The van der Waals surface area contributed by atoms with Crippen LogP contribution < -0.4 is 10.1 Å². The molecule has 0 amide bonds. The molecule has 0 saturated heterocycles. The molecule has 2 rings (SSSR count). The number of benzene rings is 2. The van der Waals surface area contributed by atoms with Gasteiger partial charge in [0.25, 0.3) is 5.69 Å². The van der Waals surface area contributed by atoms with Crippen molar-refractivity contribution in [2.24, 2.45) is 0 Å². The lowest BCUT2D eigenvalue weighted by Gasteiger charge is -2.12. The molecule has 5 heteroatoms. The lowest BCUT2D eigenvalue weighted by Crippen LogP contribution is -2.02. The predicted octanol–water partition coefficient (Wildman–Crippen LogP) is 3.83. The van der Waals surface area contributed by atoms with E-state index < -0.39 is 4.92 Å². The monoisotopic (exact) mass is 286 g/mol. The molecule has 2 aromatic rings. The molecule has 0 atom stereocenters. The lowest BCUT2D eigenvalue weighted by atomic mass is 10.1. The number of rotatable bonds is 5. The van der Waals surface area contributed by atoms with Crippen LogP contribution in [-0.4, -0.2) is 12.0 Å². The predicted molar refractivity (Wildman–Crippen MR) is 82.9 cm³/mol. The van der Waals surface area contributed by atoms with Gasteiger partial charge in [0.15, 0.2) is 0 Å². The van der Waals surface area contributed by atoms with Crippen molar-refractivity contribution in [3.63, 3.8) is 0 Å². The number of ether oxygens (including phenoxy) is 1. The Labute approximate surface area is 123 Å². The van der Waals surface area contributed by atoms with Crippen LogP contribution in [0.4, 0.5) is 11.4 Å². The van der Waals surface area contributed by atoms with Gasteiger partial charge in [-0.15, -0.1) is 0 Å². The summed E-state index contributed by atoms with van der Waals surface area (Å²) in [6.45, 7) is 4.75. The average molecular weight is 286 g/mol. The minimum absolute atomic E-state index is 0.0174. The second kappa shape index (κ2) is 6.26. The van der Waals surface area contributed by atoms with Gasteiger partial charge in [-0.25, -0.2) is 0 Å². The highest BCUT2D eigenvalue weighted by atomic mass is 16.6. The molecule has 0 aromatic heterocycles. The summed E-state index contributed by atoms with van der Waals surface area (Å²) in [7, 11) is 1.50. The molecule has 0 bridgehead atoms. The summed E-state index contributed by atoms with van der Waals surface area (Å²) in [6.07, 6.45) is 0. The minimum atomic E-state index is -0.434. The van der Waals surface area contributed by atoms with E-state index in [1.54, 1.807) is 6.07 Å². The second-order valence-electron chi connectivity index (χ2n) is 4.99. The van der Waals surface area contributed by atoms with Gasteiger partial charge in [-0.1, -0.05) is 29.3 Å². The zero-order valence-corrected chi connectivity index (χ0v) is 12.3. The third-order valence-electron chi connectivity index (χ3n) is 3.16. The Bertz CT molecular complexity index is 648. The first-order valence-electron chi connectivity index (χ1n) is 6.63. The molecule has 2 aromatic carbocycles. The summed E-state index contributed by atoms with van der Waals surface area (Å²) in [5.74, 6) is 0.466. The highest BCUT2D eigenvalue weighted by Crippen LogP contribution is 2.29. The molecule has 5 nitrogen and oxygen atoms in total. The van der Waals surface area contributed by atoms with Crippen LogP contribution in [0, 0.1) is 24.0 Å². The quantitative estimate of drug-likeness (QED) is 0.670. The first kappa shape index (κ1) is 14.8. The number of aryl methyl sites for hydroxylation is 2. The van der Waals surface area contributed by atoms with E-state index in [1.807, 2.05) is 0 Å². The number of non-ortho nitro benzene ring substituents is 1. The van der Waals surface area contributed by atoms with E-state index in [0.29, 0.717) is 12.3 Å². The van der Waals surface area contributed by atoms with Crippen LogP contribution >= 0.6 is 0 Å². The summed E-state index contributed by atoms with van der Waals surface area (Å²) in [4.78, 5) is 10.3. The molecule has 0 spiro atoms. The maximum atomic E-state index is 10.8. The fraction of sp³-hybridized carbons (Fsp3) is 0.250. The van der Waals surface area contributed by atoms with E-state index in [9.17, 15) is 10.1 Å². The molecular weight excluding hydrogens is 268 g/mol. The van der Waals surface area contributed by atoms with Crippen LogP contribution in [-0.2, 0) is 6.54 Å². The topological polar surface area (TPSA) is 64.4 Å². The van der Waals surface area contributed by atoms with Crippen LogP contribution in [0.15, 0.2) is 36.4 Å². The number of nitrogens with zero attached hydrogens (tertiary/aromatic N) is 1. The standard InChI is InChI=1S/C16H18N2O3/c1-11-6-12(2)8-13(7-11)10-17-15-5-4-14(18(19)20)9-16(15)21-3/h4-9,17H,10H2,1-3H3. The Morgan fingerprint density at radius 3 is 2.38 bits per heavy atom. The van der Waals surface area contributed by atoms with Crippen LogP contribution in [0.25, 0.3) is 0 Å². The van der Waals surface area contributed by atoms with Crippen molar-refractivity contribution in [3.8, 4) is 5.75 Å². The van der Waals surface area contributed by atoms with E-state index in [-0.39, 0.29) is 5.69 Å². The normalized spacial score (nSPS) is 10.2. The maximum Gasteiger partial charge on any atom is 0.273 e. The Morgan fingerprint density at radius 1 is 1.14 bits per heavy atom. The fourth-order valence-electron chi connectivity index (χ4n) is 2.31. The molecule has 110 valence electrons. The van der Waals surface area contributed by atoms with E-state index in [0.717, 1.165) is 11.3 Å². The number of hydrogen-bond donors (Lipinski definition) is 1. The summed E-state index contributed by atoms with van der Waals surface area (Å²) in [5.41, 5.74) is 4.34. The Balaban J connectivity index is 2.17. The smallest absolute Gasteiger partial charge is 0.273 e. The Hall–Kier alpha value is -2.56. The summed E-state index contributed by atoms with van der Waals surface area (Å²) in [6, 6.07) is 10.9. The van der Waals surface area contributed by atoms with Gasteiger partial charge >= 0.3 is 0 Å². The number of anilines is 1. The lowest BCUT2D eigenvalue weighted by molar-refractivity contribution is -0.384. The second-order valence-corrected chi connectivity index (χ2v) is 4.99. The molecule has 0 fully saturated rings. The molecule has 0 aliphatic rings. The number of hydrogen-bond acceptors (Lipinski definition) is 4. The molecule has 0 radical (unpaired) electrons. The highest BCUT2D eigenvalue weighted by Gasteiger charge is 2.11. The number of nitro benzene ring substituents is 1. The van der Waals surface area contributed by atoms with Gasteiger partial charge in [0.05, 0.1) is 23.8 Å². The van der Waals surface area contributed by atoms with Gasteiger partial charge < -0.3 is 10.1 Å². The Morgan fingerprint density at radius 2 is 1.81 bits per heavy atom. The number of nitrogens with one attached hydrogen (secondary N) is 1. The van der Waals surface area contributed by atoms with Crippen molar-refractivity contribution in [1.82, 2.24) is 0 Å². The molecule has 0 aliphatic carbocycles. The third kappa shape index (κ3) is 3.72. The average Bonchev–Trinajstić information content (AvgIpc) is 2.43. The molecular formula is C16H18N2O3. The molecule has 0 saturated carbocycles. The fourth-order valence-corrected chi connectivity index (χ4v) is 2.31. The van der Waals surface area contributed by atoms with Crippen LogP contribution in [0.5, 0.6) is 5.75 Å². The zero-order chi connectivity index (χ0) is 15.4. The maximum absolute atomic E-state index is 10.8.